The highest BCUT2D eigenvalue weighted by molar-refractivity contribution is 5.05. The molecule has 0 aromatic carbocycles. The molecule has 0 saturated carbocycles. The molecule has 68 valence electrons. The van der Waals surface area contributed by atoms with E-state index in [-0.39, 0.29) is 5.41 Å². The van der Waals surface area contributed by atoms with Gasteiger partial charge in [-0.2, -0.15) is 5.26 Å². The Kier molecular flexibility index (Phi) is 3.51. The van der Waals surface area contributed by atoms with Gasteiger partial charge < -0.3 is 10.1 Å². The van der Waals surface area contributed by atoms with E-state index in [9.17, 15) is 0 Å². The maximum Gasteiger partial charge on any atom is 0.116 e. The van der Waals surface area contributed by atoms with Crippen LogP contribution in [-0.2, 0) is 4.74 Å². The van der Waals surface area contributed by atoms with Crippen LogP contribution in [-0.4, -0.2) is 26.3 Å². The highest BCUT2D eigenvalue weighted by Gasteiger charge is 2.38. The van der Waals surface area contributed by atoms with E-state index >= 15 is 0 Å². The topological polar surface area (TPSA) is 45.0 Å². The molecule has 0 amide bonds. The second kappa shape index (κ2) is 4.44. The Morgan fingerprint density at radius 2 is 2.33 bits per heavy atom. The number of rotatable bonds is 5. The Hall–Kier alpha value is -0.590. The van der Waals surface area contributed by atoms with Gasteiger partial charge in [0.25, 0.3) is 0 Å². The van der Waals surface area contributed by atoms with Crippen LogP contribution in [0.5, 0.6) is 0 Å². The largest absolute Gasteiger partial charge is 0.378 e. The lowest BCUT2D eigenvalue weighted by Crippen LogP contribution is -2.48. The first-order valence-corrected chi connectivity index (χ1v) is 4.53. The van der Waals surface area contributed by atoms with Crippen LogP contribution in [0.2, 0.25) is 0 Å². The van der Waals surface area contributed by atoms with Gasteiger partial charge in [0.05, 0.1) is 19.3 Å². The Bertz CT molecular complexity index is 170. The van der Waals surface area contributed by atoms with Gasteiger partial charge in [-0.15, -0.1) is 0 Å². The molecule has 1 fully saturated rings. The third-order valence-electron chi connectivity index (χ3n) is 2.16. The number of ether oxygens (including phenoxy) is 1. The van der Waals surface area contributed by atoms with Crippen LogP contribution in [0.3, 0.4) is 0 Å². The minimum absolute atomic E-state index is 0.215. The van der Waals surface area contributed by atoms with Gasteiger partial charge in [0.2, 0.25) is 0 Å². The first kappa shape index (κ1) is 9.50. The maximum atomic E-state index is 8.82. The standard InChI is InChI=1S/C9H16N2O/c1-2-3-4-11-6-9(5-10)7-12-8-9/h11H,2-4,6-8H2,1H3. The van der Waals surface area contributed by atoms with Crippen molar-refractivity contribution in [2.24, 2.45) is 5.41 Å². The van der Waals surface area contributed by atoms with E-state index in [0.29, 0.717) is 13.2 Å². The van der Waals surface area contributed by atoms with Gasteiger partial charge in [0.1, 0.15) is 5.41 Å². The molecule has 3 heteroatoms. The smallest absolute Gasteiger partial charge is 0.116 e. The molecule has 0 unspecified atom stereocenters. The van der Waals surface area contributed by atoms with Gasteiger partial charge >= 0.3 is 0 Å². The van der Waals surface area contributed by atoms with E-state index in [0.717, 1.165) is 13.1 Å². The van der Waals surface area contributed by atoms with Crippen molar-refractivity contribution in [1.82, 2.24) is 5.32 Å². The van der Waals surface area contributed by atoms with Crippen molar-refractivity contribution in [2.75, 3.05) is 26.3 Å². The molecule has 1 aliphatic rings. The summed E-state index contributed by atoms with van der Waals surface area (Å²) in [5.41, 5.74) is -0.215. The van der Waals surface area contributed by atoms with Crippen LogP contribution in [0.25, 0.3) is 0 Å². The Labute approximate surface area is 73.7 Å². The van der Waals surface area contributed by atoms with Crippen molar-refractivity contribution >= 4 is 0 Å². The van der Waals surface area contributed by atoms with Crippen molar-refractivity contribution in [2.45, 2.75) is 19.8 Å². The lowest BCUT2D eigenvalue weighted by Gasteiger charge is -2.35. The first-order valence-electron chi connectivity index (χ1n) is 4.53. The van der Waals surface area contributed by atoms with E-state index in [4.69, 9.17) is 10.00 Å². The van der Waals surface area contributed by atoms with Crippen molar-refractivity contribution in [3.8, 4) is 6.07 Å². The van der Waals surface area contributed by atoms with Crippen molar-refractivity contribution in [1.29, 1.82) is 5.26 Å². The molecule has 1 N–H and O–H groups in total. The number of nitrogens with zero attached hydrogens (tertiary/aromatic N) is 1. The fourth-order valence-electron chi connectivity index (χ4n) is 1.18. The first-order chi connectivity index (χ1) is 5.83. The summed E-state index contributed by atoms with van der Waals surface area (Å²) in [6.45, 7) is 5.16. The molecule has 0 spiro atoms. The number of hydrogen-bond donors (Lipinski definition) is 1. The molecule has 1 rings (SSSR count). The van der Waals surface area contributed by atoms with Crippen molar-refractivity contribution < 1.29 is 4.74 Å². The zero-order valence-corrected chi connectivity index (χ0v) is 7.60. The van der Waals surface area contributed by atoms with Crippen LogP contribution < -0.4 is 5.32 Å². The zero-order chi connectivity index (χ0) is 8.86. The molecule has 0 atom stereocenters. The number of unbranched alkanes of at least 4 members (excludes halogenated alkanes) is 1. The summed E-state index contributed by atoms with van der Waals surface area (Å²) in [5.74, 6) is 0. The van der Waals surface area contributed by atoms with Gasteiger partial charge in [0, 0.05) is 6.54 Å². The van der Waals surface area contributed by atoms with Crippen molar-refractivity contribution in [3.63, 3.8) is 0 Å². The highest BCUT2D eigenvalue weighted by atomic mass is 16.5. The molecular weight excluding hydrogens is 152 g/mol. The monoisotopic (exact) mass is 168 g/mol. The van der Waals surface area contributed by atoms with E-state index in [2.05, 4.69) is 18.3 Å². The molecule has 1 heterocycles. The predicted molar refractivity (Wildman–Crippen MR) is 46.6 cm³/mol. The molecule has 1 aliphatic heterocycles. The summed E-state index contributed by atoms with van der Waals surface area (Å²) in [5, 5.41) is 12.1. The van der Waals surface area contributed by atoms with Gasteiger partial charge in [-0.25, -0.2) is 0 Å². The lowest BCUT2D eigenvalue weighted by molar-refractivity contribution is -0.0753. The Morgan fingerprint density at radius 3 is 2.75 bits per heavy atom. The summed E-state index contributed by atoms with van der Waals surface area (Å²) >= 11 is 0. The minimum atomic E-state index is -0.215. The third-order valence-corrected chi connectivity index (χ3v) is 2.16. The molecule has 0 radical (unpaired) electrons. The lowest BCUT2D eigenvalue weighted by atomic mass is 9.88. The third kappa shape index (κ3) is 2.20. The van der Waals surface area contributed by atoms with Crippen LogP contribution in [0.1, 0.15) is 19.8 Å². The minimum Gasteiger partial charge on any atom is -0.378 e. The number of hydrogen-bond acceptors (Lipinski definition) is 3. The average molecular weight is 168 g/mol. The normalized spacial score (nSPS) is 19.7. The molecule has 3 nitrogen and oxygen atoms in total. The molecule has 0 bridgehead atoms. The molecule has 1 saturated heterocycles. The van der Waals surface area contributed by atoms with E-state index < -0.39 is 0 Å². The SMILES string of the molecule is CCCCNCC1(C#N)COC1. The summed E-state index contributed by atoms with van der Waals surface area (Å²) in [6.07, 6.45) is 2.38. The molecule has 0 aromatic heterocycles. The maximum absolute atomic E-state index is 8.82. The van der Waals surface area contributed by atoms with Crippen LogP contribution >= 0.6 is 0 Å². The predicted octanol–water partition coefficient (Wildman–Crippen LogP) is 0.916. The van der Waals surface area contributed by atoms with Gasteiger partial charge in [-0.1, -0.05) is 13.3 Å². The van der Waals surface area contributed by atoms with E-state index in [1.54, 1.807) is 0 Å². The van der Waals surface area contributed by atoms with E-state index in [1.807, 2.05) is 0 Å². The Balaban J connectivity index is 2.09. The van der Waals surface area contributed by atoms with Gasteiger partial charge in [-0.3, -0.25) is 0 Å². The van der Waals surface area contributed by atoms with Gasteiger partial charge in [-0.05, 0) is 13.0 Å². The zero-order valence-electron chi connectivity index (χ0n) is 7.60. The summed E-state index contributed by atoms with van der Waals surface area (Å²) in [7, 11) is 0. The summed E-state index contributed by atoms with van der Waals surface area (Å²) in [4.78, 5) is 0. The fraction of sp³-hybridized carbons (Fsp3) is 0.889. The fourth-order valence-corrected chi connectivity index (χ4v) is 1.18. The molecule has 12 heavy (non-hydrogen) atoms. The van der Waals surface area contributed by atoms with E-state index in [1.165, 1.54) is 12.8 Å². The molecular formula is C9H16N2O. The van der Waals surface area contributed by atoms with Crippen LogP contribution in [0, 0.1) is 16.7 Å². The number of nitriles is 1. The number of nitrogens with one attached hydrogen (secondary N) is 1. The molecule has 0 aromatic rings. The molecule has 0 aliphatic carbocycles. The second-order valence-corrected chi connectivity index (χ2v) is 3.42. The van der Waals surface area contributed by atoms with Crippen LogP contribution in [0.15, 0.2) is 0 Å². The van der Waals surface area contributed by atoms with Crippen LogP contribution in [0.4, 0.5) is 0 Å². The summed E-state index contributed by atoms with van der Waals surface area (Å²) in [6, 6.07) is 2.30. The second-order valence-electron chi connectivity index (χ2n) is 3.42. The quantitative estimate of drug-likeness (QED) is 0.621. The van der Waals surface area contributed by atoms with Crippen molar-refractivity contribution in [3.05, 3.63) is 0 Å². The average Bonchev–Trinajstić information content (AvgIpc) is 2.02. The van der Waals surface area contributed by atoms with Gasteiger partial charge in [0.15, 0.2) is 0 Å². The Morgan fingerprint density at radius 1 is 1.58 bits per heavy atom. The highest BCUT2D eigenvalue weighted by Crippen LogP contribution is 2.24. The summed E-state index contributed by atoms with van der Waals surface area (Å²) < 4.78 is 5.02.